The van der Waals surface area contributed by atoms with E-state index in [1.54, 1.807) is 20.9 Å². The second-order valence-electron chi connectivity index (χ2n) is 3.27. The van der Waals surface area contributed by atoms with Gasteiger partial charge in [-0.1, -0.05) is 0 Å². The number of nitrogens with one attached hydrogen (secondary N) is 1. The molecule has 0 spiro atoms. The summed E-state index contributed by atoms with van der Waals surface area (Å²) in [7, 11) is 1.64. The van der Waals surface area contributed by atoms with E-state index >= 15 is 0 Å². The van der Waals surface area contributed by atoms with E-state index in [1.807, 2.05) is 0 Å². The molecule has 15 heavy (non-hydrogen) atoms. The van der Waals surface area contributed by atoms with Crippen LogP contribution in [-0.4, -0.2) is 26.5 Å². The van der Waals surface area contributed by atoms with Crippen LogP contribution in [-0.2, 0) is 11.8 Å². The van der Waals surface area contributed by atoms with Crippen LogP contribution >= 0.6 is 0 Å². The summed E-state index contributed by atoms with van der Waals surface area (Å²) in [6.07, 6.45) is 0. The van der Waals surface area contributed by atoms with Crippen LogP contribution in [0.15, 0.2) is 5.10 Å². The molecule has 0 aromatic carbocycles. The van der Waals surface area contributed by atoms with Gasteiger partial charge in [-0.15, -0.1) is 0 Å². The van der Waals surface area contributed by atoms with Gasteiger partial charge in [0.05, 0.1) is 17.0 Å². The van der Waals surface area contributed by atoms with E-state index in [2.05, 4.69) is 15.6 Å². The van der Waals surface area contributed by atoms with Gasteiger partial charge in [-0.05, 0) is 13.8 Å². The van der Waals surface area contributed by atoms with E-state index in [1.165, 1.54) is 11.6 Å². The van der Waals surface area contributed by atoms with Crippen LogP contribution in [0.25, 0.3) is 0 Å². The Morgan fingerprint density at radius 1 is 1.53 bits per heavy atom. The van der Waals surface area contributed by atoms with Crippen LogP contribution < -0.4 is 5.43 Å². The number of aromatic hydroxyl groups is 1. The third-order valence-electron chi connectivity index (χ3n) is 1.93. The highest BCUT2D eigenvalue weighted by Gasteiger charge is 2.14. The Labute approximate surface area is 87.6 Å². The number of carbonyl (C=O) groups excluding carboxylic acids is 1. The maximum Gasteiger partial charge on any atom is 0.236 e. The van der Waals surface area contributed by atoms with Crippen LogP contribution in [0.5, 0.6) is 5.88 Å². The quantitative estimate of drug-likeness (QED) is 0.544. The molecule has 1 amide bonds. The Balaban J connectivity index is 3.05. The fraction of sp³-hybridized carbons (Fsp3) is 0.444. The highest BCUT2D eigenvalue weighted by atomic mass is 16.3. The molecule has 0 aliphatic rings. The fourth-order valence-corrected chi connectivity index (χ4v) is 1.29. The van der Waals surface area contributed by atoms with E-state index in [9.17, 15) is 9.90 Å². The molecule has 1 heterocycles. The average molecular weight is 210 g/mol. The number of rotatable bonds is 2. The smallest absolute Gasteiger partial charge is 0.236 e. The van der Waals surface area contributed by atoms with Crippen molar-refractivity contribution in [3.05, 3.63) is 11.3 Å². The number of hydrogen-bond donors (Lipinski definition) is 2. The lowest BCUT2D eigenvalue weighted by molar-refractivity contribution is -0.118. The maximum atomic E-state index is 10.7. The van der Waals surface area contributed by atoms with Crippen LogP contribution in [0, 0.1) is 6.92 Å². The molecule has 0 radical (unpaired) electrons. The van der Waals surface area contributed by atoms with Crippen molar-refractivity contribution in [2.24, 2.45) is 12.1 Å². The summed E-state index contributed by atoms with van der Waals surface area (Å²) < 4.78 is 1.36. The molecular weight excluding hydrogens is 196 g/mol. The molecule has 0 aliphatic heterocycles. The Morgan fingerprint density at radius 2 is 2.13 bits per heavy atom. The summed E-state index contributed by atoms with van der Waals surface area (Å²) in [4.78, 5) is 10.7. The summed E-state index contributed by atoms with van der Waals surface area (Å²) in [5, 5.41) is 17.5. The molecular formula is C9H14N4O2. The van der Waals surface area contributed by atoms with Gasteiger partial charge in [0.2, 0.25) is 11.8 Å². The molecule has 0 aliphatic carbocycles. The van der Waals surface area contributed by atoms with Gasteiger partial charge in [-0.25, -0.2) is 10.1 Å². The Hall–Kier alpha value is -1.85. The van der Waals surface area contributed by atoms with Crippen molar-refractivity contribution in [2.45, 2.75) is 20.8 Å². The van der Waals surface area contributed by atoms with Gasteiger partial charge in [0.25, 0.3) is 0 Å². The second kappa shape index (κ2) is 4.12. The number of amides is 1. The summed E-state index contributed by atoms with van der Waals surface area (Å²) >= 11 is 0. The Kier molecular flexibility index (Phi) is 3.08. The molecule has 6 heteroatoms. The lowest BCUT2D eigenvalue weighted by atomic mass is 10.2. The predicted molar refractivity (Wildman–Crippen MR) is 55.6 cm³/mol. The second-order valence-corrected chi connectivity index (χ2v) is 3.27. The Bertz CT molecular complexity index is 420. The van der Waals surface area contributed by atoms with E-state index in [0.29, 0.717) is 17.0 Å². The molecule has 1 aromatic rings. The molecule has 1 aromatic heterocycles. The lowest BCUT2D eigenvalue weighted by Crippen LogP contribution is -2.15. The predicted octanol–water partition coefficient (Wildman–Crippen LogP) is 0.294. The molecule has 0 bridgehead atoms. The third-order valence-corrected chi connectivity index (χ3v) is 1.93. The van der Waals surface area contributed by atoms with E-state index < -0.39 is 0 Å². The van der Waals surface area contributed by atoms with Gasteiger partial charge in [-0.2, -0.15) is 10.2 Å². The van der Waals surface area contributed by atoms with Gasteiger partial charge < -0.3 is 5.11 Å². The summed E-state index contributed by atoms with van der Waals surface area (Å²) in [5.74, 6) is -0.213. The number of aromatic nitrogens is 2. The first-order valence-corrected chi connectivity index (χ1v) is 4.47. The largest absolute Gasteiger partial charge is 0.493 e. The SMILES string of the molecule is CC(=O)N/N=C(\C)c1c(C)nn(C)c1O. The molecule has 0 unspecified atom stereocenters. The van der Waals surface area contributed by atoms with Crippen molar-refractivity contribution in [1.29, 1.82) is 0 Å². The number of aryl methyl sites for hydroxylation is 2. The fourth-order valence-electron chi connectivity index (χ4n) is 1.29. The molecule has 6 nitrogen and oxygen atoms in total. The molecule has 0 saturated heterocycles. The van der Waals surface area contributed by atoms with Crippen molar-refractivity contribution in [3.63, 3.8) is 0 Å². The zero-order valence-electron chi connectivity index (χ0n) is 9.20. The Morgan fingerprint density at radius 3 is 2.53 bits per heavy atom. The first-order valence-electron chi connectivity index (χ1n) is 4.47. The zero-order valence-corrected chi connectivity index (χ0v) is 9.20. The number of hydrazone groups is 1. The highest BCUT2D eigenvalue weighted by molar-refractivity contribution is 6.02. The molecule has 0 fully saturated rings. The topological polar surface area (TPSA) is 79.5 Å². The highest BCUT2D eigenvalue weighted by Crippen LogP contribution is 2.19. The van der Waals surface area contributed by atoms with Crippen LogP contribution in [0.2, 0.25) is 0 Å². The monoisotopic (exact) mass is 210 g/mol. The van der Waals surface area contributed by atoms with Crippen molar-refractivity contribution < 1.29 is 9.90 Å². The molecule has 0 saturated carbocycles. The molecule has 2 N–H and O–H groups in total. The normalized spacial score (nSPS) is 11.6. The molecule has 1 rings (SSSR count). The minimum Gasteiger partial charge on any atom is -0.493 e. The van der Waals surface area contributed by atoms with Gasteiger partial charge in [0.15, 0.2) is 0 Å². The van der Waals surface area contributed by atoms with Gasteiger partial charge >= 0.3 is 0 Å². The zero-order chi connectivity index (χ0) is 11.6. The van der Waals surface area contributed by atoms with Crippen molar-refractivity contribution in [2.75, 3.05) is 0 Å². The average Bonchev–Trinajstić information content (AvgIpc) is 2.37. The first-order chi connectivity index (χ1) is 6.93. The van der Waals surface area contributed by atoms with Crippen molar-refractivity contribution in [3.8, 4) is 5.88 Å². The third kappa shape index (κ3) is 2.34. The summed E-state index contributed by atoms with van der Waals surface area (Å²) in [6.45, 7) is 4.83. The van der Waals surface area contributed by atoms with Crippen LogP contribution in [0.3, 0.4) is 0 Å². The maximum absolute atomic E-state index is 10.7. The first kappa shape index (κ1) is 11.2. The van der Waals surface area contributed by atoms with E-state index in [0.717, 1.165) is 0 Å². The van der Waals surface area contributed by atoms with Crippen molar-refractivity contribution in [1.82, 2.24) is 15.2 Å². The number of carbonyl (C=O) groups is 1. The number of hydrogen-bond acceptors (Lipinski definition) is 4. The molecule has 0 atom stereocenters. The minimum absolute atomic E-state index is 0.0408. The van der Waals surface area contributed by atoms with E-state index in [-0.39, 0.29) is 11.8 Å². The summed E-state index contributed by atoms with van der Waals surface area (Å²) in [5.41, 5.74) is 4.05. The van der Waals surface area contributed by atoms with Crippen LogP contribution in [0.4, 0.5) is 0 Å². The van der Waals surface area contributed by atoms with Gasteiger partial charge in [0, 0.05) is 14.0 Å². The van der Waals surface area contributed by atoms with Crippen molar-refractivity contribution >= 4 is 11.6 Å². The van der Waals surface area contributed by atoms with Gasteiger partial charge in [-0.3, -0.25) is 4.79 Å². The van der Waals surface area contributed by atoms with Gasteiger partial charge in [0.1, 0.15) is 0 Å². The van der Waals surface area contributed by atoms with E-state index in [4.69, 9.17) is 0 Å². The summed E-state index contributed by atoms with van der Waals surface area (Å²) in [6, 6.07) is 0. The standard InChI is InChI=1S/C9H14N4O2/c1-5(10-11-7(3)14)8-6(2)12-13(4)9(8)15/h15H,1-4H3,(H,11,14)/b10-5+. The lowest BCUT2D eigenvalue weighted by Gasteiger charge is -2.00. The minimum atomic E-state index is -0.254. The number of nitrogens with zero attached hydrogens (tertiary/aromatic N) is 3. The van der Waals surface area contributed by atoms with Crippen LogP contribution in [0.1, 0.15) is 25.1 Å². The molecule has 82 valence electrons.